The van der Waals surface area contributed by atoms with Gasteiger partial charge in [-0.3, -0.25) is 4.21 Å². The van der Waals surface area contributed by atoms with Crippen molar-refractivity contribution in [2.45, 2.75) is 83.6 Å². The number of rotatable bonds is 9. The molecule has 0 amide bonds. The van der Waals surface area contributed by atoms with Gasteiger partial charge in [-0.2, -0.15) is 17.9 Å². The predicted molar refractivity (Wildman–Crippen MR) is 154 cm³/mol. The van der Waals surface area contributed by atoms with Gasteiger partial charge < -0.3 is 24.4 Å². The van der Waals surface area contributed by atoms with Crippen molar-refractivity contribution in [1.29, 1.82) is 0 Å². The molecule has 0 aromatic heterocycles. The largest absolute Gasteiger partial charge is 2.00 e. The predicted octanol–water partition coefficient (Wildman–Crippen LogP) is 2.80. The standard InChI is InChI=1S/C11H22OS.C9H17NOS.CH3.BrH.Mg.S2.H2S/c1-6-7-8-10(2)9-13(12)11(3,4)5;1-5-6-7-8-10-12(11)9(2,3)4;;;;1-2;/h6,10H,1,7-9H2,2-5H3;5,8H,1,6-7H2,2-4H3;1H3;1H;;;1H2/q;;-1;;+2;;/p-1/t10-,13-;12-;;;;;/m01...../s1. The van der Waals surface area contributed by atoms with Crippen LogP contribution in [0.1, 0.15) is 74.1 Å². The van der Waals surface area contributed by atoms with E-state index in [1.165, 1.54) is 0 Å². The fourth-order valence-corrected chi connectivity index (χ4v) is 3.21. The van der Waals surface area contributed by atoms with Crippen LogP contribution in [0.2, 0.25) is 0 Å². The smallest absolute Gasteiger partial charge is 1.00 e. The van der Waals surface area contributed by atoms with Gasteiger partial charge in [0, 0.05) is 49.9 Å². The summed E-state index contributed by atoms with van der Waals surface area (Å²) in [4.78, 5) is 0. The van der Waals surface area contributed by atoms with Crippen molar-refractivity contribution in [3.63, 3.8) is 0 Å². The molecule has 3 nitrogen and oxygen atoms in total. The molecule has 0 heterocycles. The minimum atomic E-state index is -1.11. The van der Waals surface area contributed by atoms with Gasteiger partial charge in [0.15, 0.2) is 0 Å². The molecule has 0 aliphatic heterocycles. The molecule has 0 saturated heterocycles. The summed E-state index contributed by atoms with van der Waals surface area (Å²) in [7, 11) is -1.81. The summed E-state index contributed by atoms with van der Waals surface area (Å²) in [6.45, 7) is 21.3. The summed E-state index contributed by atoms with van der Waals surface area (Å²) in [5, 5.41) is 0. The first kappa shape index (κ1) is 49.6. The normalized spacial score (nSPS) is 12.9. The Morgan fingerprint density at radius 3 is 1.68 bits per heavy atom. The molecule has 0 aromatic rings. The van der Waals surface area contributed by atoms with Gasteiger partial charge in [-0.25, -0.2) is 4.21 Å². The van der Waals surface area contributed by atoms with Crippen molar-refractivity contribution in [3.05, 3.63) is 32.7 Å². The Kier molecular flexibility index (Phi) is 47.2. The maximum absolute atomic E-state index is 11.7. The van der Waals surface area contributed by atoms with Crippen LogP contribution in [0.5, 0.6) is 0 Å². The zero-order valence-electron chi connectivity index (χ0n) is 20.7. The van der Waals surface area contributed by atoms with Crippen LogP contribution in [0.25, 0.3) is 0 Å². The molecule has 0 bridgehead atoms. The van der Waals surface area contributed by atoms with Crippen molar-refractivity contribution in [2.24, 2.45) is 10.3 Å². The first-order chi connectivity index (χ1) is 12.4. The van der Waals surface area contributed by atoms with Crippen molar-refractivity contribution in [2.75, 3.05) is 5.75 Å². The SMILES string of the molecule is C=CCCC=N[S@](=O)C(C)(C)C.C=CCC[C@H](C)C[S@](=O)C(C)(C)C.S.S=S.[Br-].[CH3-].[Mg+2]. The molecule has 0 aromatic carbocycles. The van der Waals surface area contributed by atoms with Gasteiger partial charge >= 0.3 is 23.1 Å². The van der Waals surface area contributed by atoms with Crippen molar-refractivity contribution < 1.29 is 25.4 Å². The number of hydrogen-bond acceptors (Lipinski definition) is 4. The number of hydrogen-bond donors (Lipinski definition) is 0. The van der Waals surface area contributed by atoms with Gasteiger partial charge in [-0.05, 0) is 73.1 Å². The summed E-state index contributed by atoms with van der Waals surface area (Å²) in [6, 6.07) is 0. The zero-order chi connectivity index (χ0) is 22.1. The third kappa shape index (κ3) is 36.2. The topological polar surface area (TPSA) is 46.5 Å². The van der Waals surface area contributed by atoms with E-state index in [0.29, 0.717) is 5.92 Å². The molecular formula is C21H44BrMgNO2S5. The van der Waals surface area contributed by atoms with E-state index in [2.05, 4.69) is 46.9 Å². The van der Waals surface area contributed by atoms with Crippen LogP contribution in [-0.2, 0) is 44.2 Å². The van der Waals surface area contributed by atoms with Crippen LogP contribution in [-0.4, -0.2) is 52.9 Å². The van der Waals surface area contributed by atoms with E-state index in [-0.39, 0.29) is 70.5 Å². The van der Waals surface area contributed by atoms with E-state index in [1.54, 1.807) is 6.21 Å². The molecule has 0 unspecified atom stereocenters. The Labute approximate surface area is 242 Å². The zero-order valence-corrected chi connectivity index (χ0v) is 28.0. The number of halogens is 1. The number of nitrogens with zero attached hydrogens (tertiary/aromatic N) is 1. The van der Waals surface area contributed by atoms with Gasteiger partial charge in [-0.1, -0.05) is 19.1 Å². The monoisotopic (exact) mass is 605 g/mol. The van der Waals surface area contributed by atoms with Crippen LogP contribution in [0.15, 0.2) is 29.7 Å². The van der Waals surface area contributed by atoms with Crippen LogP contribution < -0.4 is 17.0 Å². The minimum Gasteiger partial charge on any atom is -1.00 e. The van der Waals surface area contributed by atoms with E-state index in [9.17, 15) is 8.42 Å². The van der Waals surface area contributed by atoms with Crippen molar-refractivity contribution >= 4 is 86.9 Å². The summed E-state index contributed by atoms with van der Waals surface area (Å²) >= 11 is 7.33. The number of allylic oxidation sites excluding steroid dienone is 2. The van der Waals surface area contributed by atoms with Gasteiger partial charge in [0.05, 0.1) is 4.75 Å². The Balaban J connectivity index is -0.0000000614. The van der Waals surface area contributed by atoms with Crippen LogP contribution in [0, 0.1) is 13.3 Å². The maximum Gasteiger partial charge on any atom is 2.00 e. The molecule has 0 fully saturated rings. The molecule has 184 valence electrons. The molecule has 0 saturated carbocycles. The second kappa shape index (κ2) is 29.5. The fourth-order valence-electron chi connectivity index (χ4n) is 1.47. The minimum absolute atomic E-state index is 0. The molecule has 0 rings (SSSR count). The van der Waals surface area contributed by atoms with E-state index in [0.717, 1.165) is 31.4 Å². The third-order valence-corrected chi connectivity index (χ3v) is 6.80. The Morgan fingerprint density at radius 1 is 0.935 bits per heavy atom. The van der Waals surface area contributed by atoms with E-state index >= 15 is 0 Å². The number of unbranched alkanes of at least 4 members (excludes halogenated alkanes) is 1. The summed E-state index contributed by atoms with van der Waals surface area (Å²) < 4.78 is 26.7. The molecule has 0 N–H and O–H groups in total. The van der Waals surface area contributed by atoms with E-state index in [1.807, 2.05) is 53.7 Å². The van der Waals surface area contributed by atoms with Crippen molar-refractivity contribution in [3.8, 4) is 0 Å². The Hall–Kier alpha value is 1.49. The first-order valence-corrected chi connectivity index (χ1v) is 12.8. The van der Waals surface area contributed by atoms with E-state index in [4.69, 9.17) is 0 Å². The average Bonchev–Trinajstić information content (AvgIpc) is 2.57. The quantitative estimate of drug-likeness (QED) is 0.133. The van der Waals surface area contributed by atoms with Crippen LogP contribution >= 0.6 is 13.5 Å². The molecule has 0 radical (unpaired) electrons. The molecule has 10 heteroatoms. The molecular weight excluding hydrogens is 563 g/mol. The molecule has 0 aliphatic rings. The van der Waals surface area contributed by atoms with Gasteiger partial charge in [0.1, 0.15) is 11.0 Å². The van der Waals surface area contributed by atoms with E-state index < -0.39 is 21.8 Å². The van der Waals surface area contributed by atoms with Crippen molar-refractivity contribution in [1.82, 2.24) is 0 Å². The van der Waals surface area contributed by atoms with Gasteiger partial charge in [0.2, 0.25) is 0 Å². The van der Waals surface area contributed by atoms with Crippen LogP contribution in [0.3, 0.4) is 0 Å². The maximum atomic E-state index is 11.7. The molecule has 0 spiro atoms. The summed E-state index contributed by atoms with van der Waals surface area (Å²) in [6.07, 6.45) is 9.32. The van der Waals surface area contributed by atoms with Gasteiger partial charge in [-0.15, -0.1) is 13.2 Å². The summed E-state index contributed by atoms with van der Waals surface area (Å²) in [5.74, 6) is 1.36. The Bertz CT molecular complexity index is 493. The van der Waals surface area contributed by atoms with Gasteiger partial charge in [0.25, 0.3) is 0 Å². The second-order valence-electron chi connectivity index (χ2n) is 8.11. The first-order valence-electron chi connectivity index (χ1n) is 9.07. The molecule has 0 aliphatic carbocycles. The summed E-state index contributed by atoms with van der Waals surface area (Å²) in [5.41, 5.74) is 0. The average molecular weight is 607 g/mol. The van der Waals surface area contributed by atoms with Crippen LogP contribution in [0.4, 0.5) is 0 Å². The third-order valence-electron chi connectivity index (χ3n) is 3.18. The molecule has 3 atom stereocenters. The fraction of sp³-hybridized carbons (Fsp3) is 0.714. The Morgan fingerprint density at radius 2 is 1.35 bits per heavy atom. The molecule has 31 heavy (non-hydrogen) atoms. The second-order valence-corrected chi connectivity index (χ2v) is 12.3.